The van der Waals surface area contributed by atoms with Gasteiger partial charge in [-0.1, -0.05) is 27.7 Å². The standard InChI is InChI=1S/C10H24N2O7PS2/c1-5-11(6-2)21(14,15)9-18-20(13)19-10-22(16,17)12(7-3)8-4/h5-10H2,1-4H3/q+1. The minimum atomic E-state index is -3.71. The molecule has 0 N–H and O–H groups in total. The maximum atomic E-state index is 11.8. The molecule has 0 rings (SSSR count). The van der Waals surface area contributed by atoms with Crippen LogP contribution < -0.4 is 0 Å². The SMILES string of the molecule is CCN(CC)S(=O)(=O)CO[P+](=O)OCS(=O)(=O)N(CC)CC. The molecule has 0 radical (unpaired) electrons. The molecule has 0 aliphatic rings. The first kappa shape index (κ1) is 21.8. The highest BCUT2D eigenvalue weighted by atomic mass is 32.2. The third-order valence-electron chi connectivity index (χ3n) is 2.81. The van der Waals surface area contributed by atoms with Crippen molar-refractivity contribution in [3.05, 3.63) is 0 Å². The van der Waals surface area contributed by atoms with Gasteiger partial charge in [-0.05, 0) is 0 Å². The average Bonchev–Trinajstić information content (AvgIpc) is 2.45. The minimum absolute atomic E-state index is 0.260. The maximum absolute atomic E-state index is 11.8. The molecule has 0 aromatic rings. The van der Waals surface area contributed by atoms with Crippen molar-refractivity contribution in [2.45, 2.75) is 27.7 Å². The topological polar surface area (TPSA) is 110 Å². The first-order valence-electron chi connectivity index (χ1n) is 6.83. The Bertz CT molecular complexity index is 494. The summed E-state index contributed by atoms with van der Waals surface area (Å²) in [7, 11) is -10.3. The monoisotopic (exact) mass is 379 g/mol. The van der Waals surface area contributed by atoms with Gasteiger partial charge in [0, 0.05) is 30.7 Å². The maximum Gasteiger partial charge on any atom is 0.699 e. The van der Waals surface area contributed by atoms with Gasteiger partial charge in [0.1, 0.15) is 0 Å². The third kappa shape index (κ3) is 6.95. The molecule has 0 fully saturated rings. The second-order valence-electron chi connectivity index (χ2n) is 4.11. The predicted octanol–water partition coefficient (Wildman–Crippen LogP) is 0.935. The van der Waals surface area contributed by atoms with Crippen LogP contribution >= 0.6 is 8.25 Å². The minimum Gasteiger partial charge on any atom is -0.210 e. The van der Waals surface area contributed by atoms with Gasteiger partial charge in [-0.3, -0.25) is 0 Å². The van der Waals surface area contributed by atoms with E-state index in [1.54, 1.807) is 27.7 Å². The summed E-state index contributed by atoms with van der Waals surface area (Å²) in [4.78, 5) is 0. The average molecular weight is 379 g/mol. The number of sulfonamides is 2. The Morgan fingerprint density at radius 2 is 1.00 bits per heavy atom. The molecule has 0 aromatic carbocycles. The highest BCUT2D eigenvalue weighted by molar-refractivity contribution is 7.89. The Kier molecular flexibility index (Phi) is 9.79. The van der Waals surface area contributed by atoms with Gasteiger partial charge in [-0.25, -0.2) is 25.4 Å². The fourth-order valence-electron chi connectivity index (χ4n) is 1.64. The van der Waals surface area contributed by atoms with Gasteiger partial charge < -0.3 is 0 Å². The summed E-state index contributed by atoms with van der Waals surface area (Å²) in [6, 6.07) is 0. The van der Waals surface area contributed by atoms with E-state index in [4.69, 9.17) is 0 Å². The molecule has 9 nitrogen and oxygen atoms in total. The molecule has 0 aliphatic carbocycles. The van der Waals surface area contributed by atoms with Crippen molar-refractivity contribution in [1.29, 1.82) is 0 Å². The first-order chi connectivity index (χ1) is 10.1. The van der Waals surface area contributed by atoms with Crippen molar-refractivity contribution in [3.63, 3.8) is 0 Å². The van der Waals surface area contributed by atoms with Crippen LogP contribution in [0.15, 0.2) is 0 Å². The molecule has 132 valence electrons. The van der Waals surface area contributed by atoms with Crippen molar-refractivity contribution >= 4 is 28.3 Å². The van der Waals surface area contributed by atoms with Crippen molar-refractivity contribution in [3.8, 4) is 0 Å². The van der Waals surface area contributed by atoms with Crippen LogP contribution in [0.2, 0.25) is 0 Å². The Morgan fingerprint density at radius 1 is 0.727 bits per heavy atom. The summed E-state index contributed by atoms with van der Waals surface area (Å²) >= 11 is 0. The number of hydrogen-bond donors (Lipinski definition) is 0. The van der Waals surface area contributed by atoms with E-state index in [0.717, 1.165) is 8.61 Å². The van der Waals surface area contributed by atoms with E-state index in [2.05, 4.69) is 9.05 Å². The van der Waals surface area contributed by atoms with Gasteiger partial charge in [0.15, 0.2) is 0 Å². The smallest absolute Gasteiger partial charge is 0.210 e. The van der Waals surface area contributed by atoms with E-state index in [9.17, 15) is 21.4 Å². The van der Waals surface area contributed by atoms with E-state index in [1.807, 2.05) is 0 Å². The van der Waals surface area contributed by atoms with Gasteiger partial charge in [0.25, 0.3) is 0 Å². The Balaban J connectivity index is 4.49. The molecule has 0 aromatic heterocycles. The van der Waals surface area contributed by atoms with Crippen LogP contribution in [0.4, 0.5) is 0 Å². The molecule has 12 heteroatoms. The molecular formula is C10H24N2O7PS2+. The van der Waals surface area contributed by atoms with Crippen LogP contribution in [0.5, 0.6) is 0 Å². The molecule has 22 heavy (non-hydrogen) atoms. The largest absolute Gasteiger partial charge is 0.699 e. The Hall–Kier alpha value is -0.160. The molecule has 0 bridgehead atoms. The zero-order chi connectivity index (χ0) is 17.4. The molecule has 0 spiro atoms. The lowest BCUT2D eigenvalue weighted by atomic mass is 10.7. The number of hydrogen-bond acceptors (Lipinski definition) is 7. The number of nitrogens with zero attached hydrogens (tertiary/aromatic N) is 2. The Labute approximate surface area is 133 Å². The fourth-order valence-corrected chi connectivity index (χ4v) is 5.34. The number of rotatable bonds is 12. The molecule has 0 atom stereocenters. The summed E-state index contributed by atoms with van der Waals surface area (Å²) in [6.07, 6.45) is 0. The molecule has 0 saturated heterocycles. The molecule has 0 heterocycles. The molecule has 0 amide bonds. The molecular weight excluding hydrogens is 355 g/mol. The van der Waals surface area contributed by atoms with Crippen LogP contribution in [0.25, 0.3) is 0 Å². The van der Waals surface area contributed by atoms with Gasteiger partial charge in [-0.2, -0.15) is 0 Å². The summed E-state index contributed by atoms with van der Waals surface area (Å²) in [5, 5.41) is 0. The van der Waals surface area contributed by atoms with Crippen LogP contribution in [0, 0.1) is 0 Å². The fraction of sp³-hybridized carbons (Fsp3) is 1.00. The zero-order valence-corrected chi connectivity index (χ0v) is 15.8. The first-order valence-corrected chi connectivity index (χ1v) is 11.1. The van der Waals surface area contributed by atoms with Crippen molar-refractivity contribution in [1.82, 2.24) is 8.61 Å². The molecule has 0 unspecified atom stereocenters. The summed E-state index contributed by atoms with van der Waals surface area (Å²) in [5.41, 5.74) is 0. The molecule has 0 saturated carbocycles. The van der Waals surface area contributed by atoms with Gasteiger partial charge in [-0.15, -0.1) is 9.05 Å². The summed E-state index contributed by atoms with van der Waals surface area (Å²) < 4.78 is 70.1. The quantitative estimate of drug-likeness (QED) is 0.464. The summed E-state index contributed by atoms with van der Waals surface area (Å²) in [5.74, 6) is -1.65. The predicted molar refractivity (Wildman–Crippen MR) is 83.2 cm³/mol. The second kappa shape index (κ2) is 9.86. The van der Waals surface area contributed by atoms with Crippen LogP contribution in [0.3, 0.4) is 0 Å². The van der Waals surface area contributed by atoms with E-state index in [-0.39, 0.29) is 26.2 Å². The van der Waals surface area contributed by atoms with E-state index >= 15 is 0 Å². The summed E-state index contributed by atoms with van der Waals surface area (Å²) in [6.45, 7) is 7.68. The van der Waals surface area contributed by atoms with Crippen molar-refractivity contribution in [2.24, 2.45) is 0 Å². The lowest BCUT2D eigenvalue weighted by Gasteiger charge is -2.16. The van der Waals surface area contributed by atoms with E-state index in [0.29, 0.717) is 0 Å². The van der Waals surface area contributed by atoms with E-state index in [1.165, 1.54) is 0 Å². The van der Waals surface area contributed by atoms with Gasteiger partial charge in [0.05, 0.1) is 0 Å². The van der Waals surface area contributed by atoms with Crippen LogP contribution in [0.1, 0.15) is 27.7 Å². The van der Waals surface area contributed by atoms with Gasteiger partial charge >= 0.3 is 8.25 Å². The normalized spacial score (nSPS) is 13.0. The van der Waals surface area contributed by atoms with Gasteiger partial charge in [0.2, 0.25) is 31.9 Å². The lowest BCUT2D eigenvalue weighted by molar-refractivity contribution is 0.265. The van der Waals surface area contributed by atoms with Crippen LogP contribution in [-0.4, -0.2) is 63.5 Å². The lowest BCUT2D eigenvalue weighted by Crippen LogP contribution is -2.33. The highest BCUT2D eigenvalue weighted by Crippen LogP contribution is 2.26. The zero-order valence-electron chi connectivity index (χ0n) is 13.3. The second-order valence-corrected chi connectivity index (χ2v) is 8.91. The molecule has 0 aliphatic heterocycles. The van der Waals surface area contributed by atoms with Crippen molar-refractivity contribution < 1.29 is 30.4 Å². The van der Waals surface area contributed by atoms with E-state index < -0.39 is 40.2 Å². The third-order valence-corrected chi connectivity index (χ3v) is 7.28. The van der Waals surface area contributed by atoms with Crippen LogP contribution in [-0.2, 0) is 33.7 Å². The Morgan fingerprint density at radius 3 is 1.23 bits per heavy atom. The van der Waals surface area contributed by atoms with Crippen molar-refractivity contribution in [2.75, 3.05) is 38.1 Å². The highest BCUT2D eigenvalue weighted by Gasteiger charge is 2.31.